The van der Waals surface area contributed by atoms with Crippen molar-refractivity contribution >= 4 is 29.9 Å². The van der Waals surface area contributed by atoms with Crippen LogP contribution in [-0.2, 0) is 0 Å². The lowest BCUT2D eigenvalue weighted by molar-refractivity contribution is 0.0679. The van der Waals surface area contributed by atoms with Gasteiger partial charge in [0.05, 0.1) is 4.88 Å². The molecule has 94 valence electrons. The predicted molar refractivity (Wildman–Crippen MR) is 74.1 cm³/mol. The molecule has 2 rings (SSSR count). The summed E-state index contributed by atoms with van der Waals surface area (Å²) in [6, 6.07) is 1.86. The van der Waals surface area contributed by atoms with Gasteiger partial charge in [0.1, 0.15) is 0 Å². The van der Waals surface area contributed by atoms with Crippen molar-refractivity contribution in [3.8, 4) is 0 Å². The lowest BCUT2D eigenvalue weighted by Gasteiger charge is -2.32. The summed E-state index contributed by atoms with van der Waals surface area (Å²) in [7, 11) is 1.97. The van der Waals surface area contributed by atoms with E-state index in [0.717, 1.165) is 35.8 Å². The van der Waals surface area contributed by atoms with Crippen molar-refractivity contribution in [1.29, 1.82) is 0 Å². The maximum atomic E-state index is 12.2. The van der Waals surface area contributed by atoms with E-state index in [1.807, 2.05) is 23.4 Å². The smallest absolute Gasteiger partial charge is 0.263 e. The summed E-state index contributed by atoms with van der Waals surface area (Å²) in [5.41, 5.74) is 0. The molecule has 0 radical (unpaired) electrons. The van der Waals surface area contributed by atoms with E-state index in [1.54, 1.807) is 0 Å². The van der Waals surface area contributed by atoms with Gasteiger partial charge in [0, 0.05) is 23.4 Å². The van der Waals surface area contributed by atoms with Gasteiger partial charge in [0.15, 0.2) is 0 Å². The van der Waals surface area contributed by atoms with Gasteiger partial charge in [-0.3, -0.25) is 4.79 Å². The number of rotatable bonds is 3. The minimum absolute atomic E-state index is 0.163. The first-order valence-electron chi connectivity index (χ1n) is 5.92. The van der Waals surface area contributed by atoms with Gasteiger partial charge in [-0.25, -0.2) is 0 Å². The zero-order valence-corrected chi connectivity index (χ0v) is 11.7. The lowest BCUT2D eigenvalue weighted by atomic mass is 9.98. The largest absolute Gasteiger partial charge is 0.338 e. The Morgan fingerprint density at radius 3 is 3.18 bits per heavy atom. The van der Waals surface area contributed by atoms with Crippen molar-refractivity contribution in [3.05, 3.63) is 16.3 Å². The summed E-state index contributed by atoms with van der Waals surface area (Å²) < 4.78 is 0. The Labute approximate surface area is 112 Å². The molecule has 1 unspecified atom stereocenters. The average molecular weight is 270 g/mol. The van der Waals surface area contributed by atoms with Crippen LogP contribution < -0.4 is 5.32 Å². The first kappa shape index (κ1) is 12.9. The molecule has 5 heteroatoms. The van der Waals surface area contributed by atoms with E-state index >= 15 is 0 Å². The molecule has 17 heavy (non-hydrogen) atoms. The molecule has 3 nitrogen and oxygen atoms in total. The standard InChI is InChI=1S/C12H18N2OS2/c1-13-6-9-3-2-4-14(7-9)12(15)11-5-10(16)8-17-11/h5,8-9,13,16H,2-4,6-7H2,1H3. The molecular weight excluding hydrogens is 252 g/mol. The molecule has 0 aliphatic carbocycles. The lowest BCUT2D eigenvalue weighted by Crippen LogP contribution is -2.42. The van der Waals surface area contributed by atoms with Crippen molar-refractivity contribution in [3.63, 3.8) is 0 Å². The van der Waals surface area contributed by atoms with Gasteiger partial charge in [-0.2, -0.15) is 0 Å². The van der Waals surface area contributed by atoms with Gasteiger partial charge in [-0.1, -0.05) is 0 Å². The zero-order chi connectivity index (χ0) is 12.3. The molecule has 1 saturated heterocycles. The second-order valence-corrected chi connectivity index (χ2v) is 5.91. The highest BCUT2D eigenvalue weighted by atomic mass is 32.1. The molecule has 1 atom stereocenters. The third-order valence-electron chi connectivity index (χ3n) is 3.10. The number of hydrogen-bond acceptors (Lipinski definition) is 4. The van der Waals surface area contributed by atoms with E-state index in [9.17, 15) is 4.79 Å². The molecule has 1 aliphatic heterocycles. The van der Waals surface area contributed by atoms with E-state index in [-0.39, 0.29) is 5.91 Å². The number of hydrogen-bond donors (Lipinski definition) is 2. The molecule has 0 spiro atoms. The van der Waals surface area contributed by atoms with Crippen molar-refractivity contribution in [2.75, 3.05) is 26.7 Å². The Balaban J connectivity index is 1.99. The summed E-state index contributed by atoms with van der Waals surface area (Å²) in [6.45, 7) is 2.75. The predicted octanol–water partition coefficient (Wildman–Crippen LogP) is 2.11. The van der Waals surface area contributed by atoms with E-state index in [2.05, 4.69) is 17.9 Å². The average Bonchev–Trinajstić information content (AvgIpc) is 2.76. The number of thiol groups is 1. The second kappa shape index (κ2) is 5.89. The zero-order valence-electron chi connectivity index (χ0n) is 9.98. The first-order chi connectivity index (χ1) is 8.20. The third kappa shape index (κ3) is 3.24. The fourth-order valence-electron chi connectivity index (χ4n) is 2.30. The van der Waals surface area contributed by atoms with Crippen molar-refractivity contribution in [2.45, 2.75) is 17.7 Å². The Hall–Kier alpha value is -0.520. The number of thiophene rings is 1. The minimum atomic E-state index is 0.163. The monoisotopic (exact) mass is 270 g/mol. The van der Waals surface area contributed by atoms with Crippen LogP contribution in [0.2, 0.25) is 0 Å². The summed E-state index contributed by atoms with van der Waals surface area (Å²) in [4.78, 5) is 15.9. The maximum Gasteiger partial charge on any atom is 0.263 e. The van der Waals surface area contributed by atoms with Crippen LogP contribution in [0.15, 0.2) is 16.3 Å². The highest BCUT2D eigenvalue weighted by Gasteiger charge is 2.24. The molecule has 1 fully saturated rings. The third-order valence-corrected chi connectivity index (χ3v) is 4.45. The molecule has 0 bridgehead atoms. The number of carbonyl (C=O) groups excluding carboxylic acids is 1. The summed E-state index contributed by atoms with van der Waals surface area (Å²) in [5, 5.41) is 5.10. The fraction of sp³-hybridized carbons (Fsp3) is 0.583. The van der Waals surface area contributed by atoms with Crippen molar-refractivity contribution < 1.29 is 4.79 Å². The highest BCUT2D eigenvalue weighted by Crippen LogP contribution is 2.22. The second-order valence-electron chi connectivity index (χ2n) is 4.49. The van der Waals surface area contributed by atoms with Gasteiger partial charge in [0.25, 0.3) is 5.91 Å². The van der Waals surface area contributed by atoms with Crippen LogP contribution in [0.5, 0.6) is 0 Å². The summed E-state index contributed by atoms with van der Waals surface area (Å²) in [6.07, 6.45) is 2.32. The van der Waals surface area contributed by atoms with Gasteiger partial charge >= 0.3 is 0 Å². The normalized spacial score (nSPS) is 20.6. The fourth-order valence-corrected chi connectivity index (χ4v) is 3.41. The van der Waals surface area contributed by atoms with E-state index in [4.69, 9.17) is 0 Å². The van der Waals surface area contributed by atoms with Gasteiger partial charge in [-0.15, -0.1) is 24.0 Å². The molecule has 2 heterocycles. The van der Waals surface area contributed by atoms with E-state index in [0.29, 0.717) is 5.92 Å². The quantitative estimate of drug-likeness (QED) is 0.825. The van der Waals surface area contributed by atoms with Gasteiger partial charge < -0.3 is 10.2 Å². The molecular formula is C12H18N2OS2. The summed E-state index contributed by atoms with van der Waals surface area (Å²) >= 11 is 5.73. The molecule has 1 N–H and O–H groups in total. The molecule has 1 aromatic heterocycles. The van der Waals surface area contributed by atoms with Crippen molar-refractivity contribution in [2.24, 2.45) is 5.92 Å². The number of piperidine rings is 1. The van der Waals surface area contributed by atoms with E-state index in [1.165, 1.54) is 17.8 Å². The molecule has 0 saturated carbocycles. The number of carbonyl (C=O) groups is 1. The summed E-state index contributed by atoms with van der Waals surface area (Å²) in [5.74, 6) is 0.754. The Kier molecular flexibility index (Phi) is 4.48. The van der Waals surface area contributed by atoms with Crippen LogP contribution >= 0.6 is 24.0 Å². The molecule has 1 aliphatic rings. The number of nitrogens with one attached hydrogen (secondary N) is 1. The Bertz CT molecular complexity index is 390. The van der Waals surface area contributed by atoms with E-state index < -0.39 is 0 Å². The minimum Gasteiger partial charge on any atom is -0.338 e. The molecule has 1 aromatic rings. The van der Waals surface area contributed by atoms with Gasteiger partial charge in [-0.05, 0) is 38.4 Å². The number of likely N-dealkylation sites (tertiary alicyclic amines) is 1. The maximum absolute atomic E-state index is 12.2. The molecule has 1 amide bonds. The number of nitrogens with zero attached hydrogens (tertiary/aromatic N) is 1. The molecule has 0 aromatic carbocycles. The Morgan fingerprint density at radius 2 is 2.53 bits per heavy atom. The topological polar surface area (TPSA) is 32.3 Å². The van der Waals surface area contributed by atoms with Gasteiger partial charge in [0.2, 0.25) is 0 Å². The Morgan fingerprint density at radius 1 is 1.71 bits per heavy atom. The number of amides is 1. The van der Waals surface area contributed by atoms with Crippen LogP contribution in [0.1, 0.15) is 22.5 Å². The van der Waals surface area contributed by atoms with Crippen LogP contribution in [0.3, 0.4) is 0 Å². The van der Waals surface area contributed by atoms with Crippen LogP contribution in [0.25, 0.3) is 0 Å². The van der Waals surface area contributed by atoms with Crippen LogP contribution in [0.4, 0.5) is 0 Å². The van der Waals surface area contributed by atoms with Crippen LogP contribution in [-0.4, -0.2) is 37.5 Å². The van der Waals surface area contributed by atoms with Crippen molar-refractivity contribution in [1.82, 2.24) is 10.2 Å². The first-order valence-corrected chi connectivity index (χ1v) is 7.24. The highest BCUT2D eigenvalue weighted by molar-refractivity contribution is 7.80. The van der Waals surface area contributed by atoms with Crippen LogP contribution in [0, 0.1) is 5.92 Å². The SMILES string of the molecule is CNCC1CCCN(C(=O)c2cc(S)cs2)C1.